The number of aryl methyl sites for hydroxylation is 1. The van der Waals surface area contributed by atoms with Gasteiger partial charge >= 0.3 is 0 Å². The molecule has 0 bridgehead atoms. The van der Waals surface area contributed by atoms with Crippen molar-refractivity contribution < 1.29 is 13.2 Å². The van der Waals surface area contributed by atoms with Crippen molar-refractivity contribution in [3.05, 3.63) is 24.0 Å². The summed E-state index contributed by atoms with van der Waals surface area (Å²) in [5, 5.41) is 7.26. The molecule has 2 rings (SSSR count). The van der Waals surface area contributed by atoms with Crippen LogP contribution >= 0.6 is 10.7 Å². The fourth-order valence-corrected chi connectivity index (χ4v) is 2.67. The molecule has 0 aliphatic rings. The Morgan fingerprint density at radius 3 is 2.70 bits per heavy atom. The highest BCUT2D eigenvalue weighted by Gasteiger charge is 2.23. The Bertz CT molecular complexity index is 714. The first-order valence-corrected chi connectivity index (χ1v) is 8.03. The number of ether oxygens (including phenoxy) is 1. The molecule has 9 heteroatoms. The van der Waals surface area contributed by atoms with Crippen molar-refractivity contribution in [2.75, 3.05) is 13.7 Å². The van der Waals surface area contributed by atoms with E-state index in [1.165, 1.54) is 11.7 Å². The summed E-state index contributed by atoms with van der Waals surface area (Å²) in [7, 11) is 2.91. The van der Waals surface area contributed by atoms with Crippen molar-refractivity contribution in [3.8, 4) is 11.4 Å². The smallest absolute Gasteiger partial charge is 0.296 e. The Kier molecular flexibility index (Phi) is 4.36. The highest BCUT2D eigenvalue weighted by molar-refractivity contribution is 8.13. The largest absolute Gasteiger partial charge is 0.383 e. The topological polar surface area (TPSA) is 87.0 Å². The van der Waals surface area contributed by atoms with E-state index in [1.54, 1.807) is 12.4 Å². The lowest BCUT2D eigenvalue weighted by molar-refractivity contribution is 0.185. The van der Waals surface area contributed by atoms with Gasteiger partial charge in [0.15, 0.2) is 5.82 Å². The van der Waals surface area contributed by atoms with E-state index >= 15 is 0 Å². The second kappa shape index (κ2) is 5.86. The molecular formula is C11H13ClN4O3S. The van der Waals surface area contributed by atoms with Crippen LogP contribution in [0.4, 0.5) is 0 Å². The maximum atomic E-state index is 11.5. The van der Waals surface area contributed by atoms with Gasteiger partial charge in [0.25, 0.3) is 14.2 Å². The summed E-state index contributed by atoms with van der Waals surface area (Å²) in [5.74, 6) is 0.387. The van der Waals surface area contributed by atoms with E-state index in [-0.39, 0.29) is 11.7 Å². The molecule has 0 aliphatic heterocycles. The minimum atomic E-state index is -3.98. The first-order valence-electron chi connectivity index (χ1n) is 5.72. The highest BCUT2D eigenvalue weighted by Crippen LogP contribution is 2.22. The predicted octanol–water partition coefficient (Wildman–Crippen LogP) is 1.22. The molecule has 108 valence electrons. The van der Waals surface area contributed by atoms with E-state index in [1.807, 2.05) is 13.0 Å². The Hall–Kier alpha value is -1.51. The SMILES string of the molecule is COCCn1c(-c2cncc(C)c2)nnc1S(=O)(=O)Cl. The number of nitrogens with zero attached hydrogens (tertiary/aromatic N) is 4. The van der Waals surface area contributed by atoms with E-state index in [0.29, 0.717) is 18.0 Å². The van der Waals surface area contributed by atoms with Gasteiger partial charge in [-0.25, -0.2) is 8.42 Å². The molecule has 0 radical (unpaired) electrons. The Labute approximate surface area is 121 Å². The maximum absolute atomic E-state index is 11.5. The van der Waals surface area contributed by atoms with Crippen LogP contribution in [0.5, 0.6) is 0 Å². The first-order chi connectivity index (χ1) is 9.43. The van der Waals surface area contributed by atoms with Crippen LogP contribution in [0.1, 0.15) is 5.56 Å². The van der Waals surface area contributed by atoms with Gasteiger partial charge < -0.3 is 4.74 Å². The van der Waals surface area contributed by atoms with Gasteiger partial charge in [-0.3, -0.25) is 9.55 Å². The molecule has 0 spiro atoms. The Morgan fingerprint density at radius 2 is 2.10 bits per heavy atom. The predicted molar refractivity (Wildman–Crippen MR) is 72.9 cm³/mol. The lowest BCUT2D eigenvalue weighted by Gasteiger charge is -2.08. The molecule has 0 atom stereocenters. The lowest BCUT2D eigenvalue weighted by Crippen LogP contribution is -2.11. The monoisotopic (exact) mass is 316 g/mol. The Balaban J connectivity index is 2.56. The van der Waals surface area contributed by atoms with Crippen molar-refractivity contribution in [3.63, 3.8) is 0 Å². The summed E-state index contributed by atoms with van der Waals surface area (Å²) in [6.45, 7) is 2.46. The molecule has 0 aliphatic carbocycles. The molecule has 2 aromatic heterocycles. The summed E-state index contributed by atoms with van der Waals surface area (Å²) < 4.78 is 29.4. The van der Waals surface area contributed by atoms with Gasteiger partial charge in [0.2, 0.25) is 0 Å². The third kappa shape index (κ3) is 3.14. The van der Waals surface area contributed by atoms with Crippen molar-refractivity contribution in [2.24, 2.45) is 0 Å². The minimum Gasteiger partial charge on any atom is -0.383 e. The average Bonchev–Trinajstić information content (AvgIpc) is 2.79. The fourth-order valence-electron chi connectivity index (χ4n) is 1.74. The third-order valence-corrected chi connectivity index (χ3v) is 3.74. The summed E-state index contributed by atoms with van der Waals surface area (Å²) in [6.07, 6.45) is 3.28. The first kappa shape index (κ1) is 14.9. The van der Waals surface area contributed by atoms with Gasteiger partial charge in [0, 0.05) is 35.7 Å². The zero-order valence-electron chi connectivity index (χ0n) is 10.9. The molecule has 2 aromatic rings. The third-order valence-electron chi connectivity index (χ3n) is 2.59. The zero-order valence-corrected chi connectivity index (χ0v) is 12.5. The van der Waals surface area contributed by atoms with Crippen LogP contribution in [0.25, 0.3) is 11.4 Å². The van der Waals surface area contributed by atoms with E-state index < -0.39 is 9.05 Å². The number of aromatic nitrogens is 4. The number of halogens is 1. The Morgan fingerprint density at radius 1 is 1.35 bits per heavy atom. The zero-order chi connectivity index (χ0) is 14.8. The van der Waals surface area contributed by atoms with Crippen LogP contribution in [0, 0.1) is 6.92 Å². The highest BCUT2D eigenvalue weighted by atomic mass is 35.7. The van der Waals surface area contributed by atoms with Crippen LogP contribution in [0.3, 0.4) is 0 Å². The molecule has 0 saturated carbocycles. The van der Waals surface area contributed by atoms with Crippen LogP contribution < -0.4 is 0 Å². The van der Waals surface area contributed by atoms with Crippen LogP contribution in [0.2, 0.25) is 0 Å². The van der Waals surface area contributed by atoms with E-state index in [2.05, 4.69) is 15.2 Å². The van der Waals surface area contributed by atoms with Crippen LogP contribution in [-0.4, -0.2) is 41.9 Å². The molecule has 0 aromatic carbocycles. The average molecular weight is 317 g/mol. The van der Waals surface area contributed by atoms with E-state index in [9.17, 15) is 8.42 Å². The molecule has 2 heterocycles. The van der Waals surface area contributed by atoms with E-state index in [4.69, 9.17) is 15.4 Å². The normalized spacial score (nSPS) is 11.8. The molecule has 20 heavy (non-hydrogen) atoms. The summed E-state index contributed by atoms with van der Waals surface area (Å²) in [4.78, 5) is 4.06. The summed E-state index contributed by atoms with van der Waals surface area (Å²) in [6, 6.07) is 1.84. The number of methoxy groups -OCH3 is 1. The van der Waals surface area contributed by atoms with Crippen molar-refractivity contribution >= 4 is 19.7 Å². The second-order valence-electron chi connectivity index (χ2n) is 4.14. The molecule has 0 unspecified atom stereocenters. The van der Waals surface area contributed by atoms with Gasteiger partial charge in [-0.15, -0.1) is 10.2 Å². The minimum absolute atomic E-state index is 0.272. The summed E-state index contributed by atoms with van der Waals surface area (Å²) in [5.41, 5.74) is 1.60. The van der Waals surface area contributed by atoms with Crippen molar-refractivity contribution in [1.82, 2.24) is 19.7 Å². The standard InChI is InChI=1S/C11H13ClN4O3S/c1-8-5-9(7-13-6-8)10-14-15-11(20(12,17)18)16(10)3-4-19-2/h5-7H,3-4H2,1-2H3. The summed E-state index contributed by atoms with van der Waals surface area (Å²) >= 11 is 0. The number of rotatable bonds is 5. The molecule has 0 N–H and O–H groups in total. The number of hydrogen-bond donors (Lipinski definition) is 0. The maximum Gasteiger partial charge on any atom is 0.296 e. The van der Waals surface area contributed by atoms with Crippen LogP contribution in [-0.2, 0) is 20.3 Å². The van der Waals surface area contributed by atoms with Gasteiger partial charge in [-0.2, -0.15) is 0 Å². The molecular weight excluding hydrogens is 304 g/mol. The van der Waals surface area contributed by atoms with E-state index in [0.717, 1.165) is 5.56 Å². The second-order valence-corrected chi connectivity index (χ2v) is 6.60. The molecule has 0 saturated heterocycles. The van der Waals surface area contributed by atoms with Gasteiger partial charge in [0.05, 0.1) is 13.2 Å². The molecule has 0 fully saturated rings. The fraction of sp³-hybridized carbons (Fsp3) is 0.364. The lowest BCUT2D eigenvalue weighted by atomic mass is 10.2. The van der Waals surface area contributed by atoms with Gasteiger partial charge in [0.1, 0.15) is 0 Å². The van der Waals surface area contributed by atoms with Crippen molar-refractivity contribution in [2.45, 2.75) is 18.6 Å². The number of pyridine rings is 1. The van der Waals surface area contributed by atoms with Gasteiger partial charge in [-0.1, -0.05) is 0 Å². The molecule has 7 nitrogen and oxygen atoms in total. The van der Waals surface area contributed by atoms with Crippen molar-refractivity contribution in [1.29, 1.82) is 0 Å². The quantitative estimate of drug-likeness (QED) is 0.771. The molecule has 0 amide bonds. The number of hydrogen-bond acceptors (Lipinski definition) is 6. The van der Waals surface area contributed by atoms with Gasteiger partial charge in [-0.05, 0) is 18.6 Å². The van der Waals surface area contributed by atoms with Crippen LogP contribution in [0.15, 0.2) is 23.6 Å².